The summed E-state index contributed by atoms with van der Waals surface area (Å²) in [6.07, 6.45) is 1.52. The van der Waals surface area contributed by atoms with E-state index in [1.807, 2.05) is 12.1 Å². The maximum atomic E-state index is 12.4. The number of rotatable bonds is 4. The number of nitro benzene ring substituents is 1. The Bertz CT molecular complexity index is 875. The minimum Gasteiger partial charge on any atom is -0.493 e. The molecule has 7 heteroatoms. The number of hydrogen-bond acceptors (Lipinski definition) is 6. The Kier molecular flexibility index (Phi) is 4.26. The molecule has 1 aliphatic rings. The number of ketones is 1. The van der Waals surface area contributed by atoms with E-state index in [0.717, 1.165) is 4.90 Å². The van der Waals surface area contributed by atoms with Gasteiger partial charge in [0, 0.05) is 10.5 Å². The fourth-order valence-electron chi connectivity index (χ4n) is 2.43. The molecule has 0 fully saturated rings. The van der Waals surface area contributed by atoms with Crippen LogP contribution in [-0.4, -0.2) is 24.9 Å². The Morgan fingerprint density at radius 1 is 1.12 bits per heavy atom. The number of carbonyl (C=O) groups excluding carboxylic acids is 1. The first-order chi connectivity index (χ1) is 11.5. The van der Waals surface area contributed by atoms with E-state index in [0.29, 0.717) is 21.8 Å². The Hall–Kier alpha value is -2.80. The summed E-state index contributed by atoms with van der Waals surface area (Å²) in [5, 5.41) is 11.4. The normalized spacial score (nSPS) is 14.6. The number of allylic oxidation sites excluding steroid dienone is 1. The predicted molar refractivity (Wildman–Crippen MR) is 90.8 cm³/mol. The molecule has 0 atom stereocenters. The summed E-state index contributed by atoms with van der Waals surface area (Å²) in [5.74, 6) is 0.489. The quantitative estimate of drug-likeness (QED) is 0.475. The van der Waals surface area contributed by atoms with Crippen molar-refractivity contribution in [2.24, 2.45) is 0 Å². The van der Waals surface area contributed by atoms with Gasteiger partial charge in [0.25, 0.3) is 5.69 Å². The van der Waals surface area contributed by atoms with E-state index in [-0.39, 0.29) is 17.2 Å². The van der Waals surface area contributed by atoms with Crippen LogP contribution in [0.1, 0.15) is 15.9 Å². The Morgan fingerprint density at radius 2 is 1.79 bits per heavy atom. The van der Waals surface area contributed by atoms with Crippen molar-refractivity contribution in [1.29, 1.82) is 0 Å². The third-order valence-electron chi connectivity index (χ3n) is 3.59. The van der Waals surface area contributed by atoms with Crippen molar-refractivity contribution in [2.75, 3.05) is 14.2 Å². The molecule has 3 rings (SSSR count). The summed E-state index contributed by atoms with van der Waals surface area (Å²) in [6.45, 7) is 0. The lowest BCUT2D eigenvalue weighted by molar-refractivity contribution is -0.385. The lowest BCUT2D eigenvalue weighted by Gasteiger charge is -2.09. The Morgan fingerprint density at radius 3 is 2.42 bits per heavy atom. The van der Waals surface area contributed by atoms with Crippen LogP contribution in [0.5, 0.6) is 11.5 Å². The molecule has 24 heavy (non-hydrogen) atoms. The monoisotopic (exact) mass is 343 g/mol. The number of ether oxygens (including phenoxy) is 2. The number of thioether (sulfide) groups is 1. The number of methoxy groups -OCH3 is 2. The molecule has 0 amide bonds. The summed E-state index contributed by atoms with van der Waals surface area (Å²) in [4.78, 5) is 24.6. The smallest absolute Gasteiger partial charge is 0.280 e. The van der Waals surface area contributed by atoms with Crippen LogP contribution in [0.15, 0.2) is 46.2 Å². The molecule has 2 aromatic rings. The molecule has 0 saturated heterocycles. The van der Waals surface area contributed by atoms with Crippen molar-refractivity contribution < 1.29 is 19.2 Å². The van der Waals surface area contributed by atoms with Gasteiger partial charge in [0.1, 0.15) is 0 Å². The second kappa shape index (κ2) is 6.37. The molecule has 0 radical (unpaired) electrons. The predicted octanol–water partition coefficient (Wildman–Crippen LogP) is 3.94. The van der Waals surface area contributed by atoms with Gasteiger partial charge in [0.15, 0.2) is 11.5 Å². The molecular formula is C17H13NO5S. The number of benzene rings is 2. The molecule has 0 spiro atoms. The summed E-state index contributed by atoms with van der Waals surface area (Å²) in [6, 6.07) is 10.0. The third-order valence-corrected chi connectivity index (χ3v) is 4.69. The van der Waals surface area contributed by atoms with Gasteiger partial charge in [-0.05, 0) is 24.3 Å². The van der Waals surface area contributed by atoms with Gasteiger partial charge in [-0.25, -0.2) is 0 Å². The lowest BCUT2D eigenvalue weighted by Crippen LogP contribution is -1.98. The number of hydrogen-bond donors (Lipinski definition) is 0. The van der Waals surface area contributed by atoms with E-state index in [4.69, 9.17) is 9.47 Å². The molecule has 6 nitrogen and oxygen atoms in total. The zero-order chi connectivity index (χ0) is 17.3. The number of nitro groups is 1. The fourth-order valence-corrected chi connectivity index (χ4v) is 3.48. The maximum Gasteiger partial charge on any atom is 0.280 e. The summed E-state index contributed by atoms with van der Waals surface area (Å²) in [7, 11) is 2.86. The van der Waals surface area contributed by atoms with Gasteiger partial charge in [0.05, 0.1) is 35.7 Å². The number of fused-ring (bicyclic) bond motifs is 1. The van der Waals surface area contributed by atoms with Crippen LogP contribution in [0.25, 0.3) is 6.08 Å². The topological polar surface area (TPSA) is 78.7 Å². The average Bonchev–Trinajstić information content (AvgIpc) is 2.90. The third kappa shape index (κ3) is 2.74. The highest BCUT2D eigenvalue weighted by Crippen LogP contribution is 2.42. The number of nitrogens with zero attached hydrogens (tertiary/aromatic N) is 1. The molecular weight excluding hydrogens is 330 g/mol. The van der Waals surface area contributed by atoms with Gasteiger partial charge >= 0.3 is 0 Å². The van der Waals surface area contributed by atoms with E-state index in [9.17, 15) is 14.9 Å². The van der Waals surface area contributed by atoms with Gasteiger partial charge in [0.2, 0.25) is 5.78 Å². The van der Waals surface area contributed by atoms with E-state index >= 15 is 0 Å². The molecule has 0 N–H and O–H groups in total. The average molecular weight is 343 g/mol. The van der Waals surface area contributed by atoms with Crippen molar-refractivity contribution in [1.82, 2.24) is 0 Å². The van der Waals surface area contributed by atoms with Crippen molar-refractivity contribution in [3.63, 3.8) is 0 Å². The van der Waals surface area contributed by atoms with Crippen molar-refractivity contribution in [2.45, 2.75) is 4.90 Å². The molecule has 0 unspecified atom stereocenters. The van der Waals surface area contributed by atoms with Crippen LogP contribution in [0.4, 0.5) is 5.69 Å². The van der Waals surface area contributed by atoms with Gasteiger partial charge in [-0.15, -0.1) is 0 Å². The van der Waals surface area contributed by atoms with Crippen molar-refractivity contribution >= 4 is 29.3 Å². The first-order valence-corrected chi connectivity index (χ1v) is 7.80. The summed E-state index contributed by atoms with van der Waals surface area (Å²) < 4.78 is 10.3. The molecule has 0 aromatic heterocycles. The van der Waals surface area contributed by atoms with Gasteiger partial charge < -0.3 is 9.47 Å². The van der Waals surface area contributed by atoms with Crippen LogP contribution >= 0.6 is 11.8 Å². The Labute approximate surface area is 142 Å². The minimum atomic E-state index is -0.508. The van der Waals surface area contributed by atoms with Crippen LogP contribution in [-0.2, 0) is 0 Å². The second-order valence-electron chi connectivity index (χ2n) is 4.96. The summed E-state index contributed by atoms with van der Waals surface area (Å²) in [5.41, 5.74) is 0.752. The first-order valence-electron chi connectivity index (χ1n) is 6.99. The first kappa shape index (κ1) is 16.1. The highest BCUT2D eigenvalue weighted by atomic mass is 32.2. The number of carbonyl (C=O) groups is 1. The van der Waals surface area contributed by atoms with E-state index in [1.165, 1.54) is 44.2 Å². The van der Waals surface area contributed by atoms with Crippen molar-refractivity contribution in [3.05, 3.63) is 62.5 Å². The standard InChI is InChI=1S/C17H13NO5S/c1-22-13-7-10(12(18(20)21)9-14(13)23-2)8-16-17(19)11-5-3-4-6-15(11)24-16/h3-9H,1-2H3/b16-8-. The van der Waals surface area contributed by atoms with E-state index < -0.39 is 4.92 Å². The van der Waals surface area contributed by atoms with E-state index in [2.05, 4.69) is 0 Å². The number of Topliss-reactive ketones (excluding diaryl/α,β-unsaturated/α-hetero) is 1. The highest BCUT2D eigenvalue weighted by Gasteiger charge is 2.27. The highest BCUT2D eigenvalue weighted by molar-refractivity contribution is 8.04. The molecule has 0 aliphatic carbocycles. The summed E-state index contributed by atoms with van der Waals surface area (Å²) >= 11 is 1.30. The lowest BCUT2D eigenvalue weighted by atomic mass is 10.1. The Balaban J connectivity index is 2.10. The van der Waals surface area contributed by atoms with Gasteiger partial charge in [-0.1, -0.05) is 23.9 Å². The molecule has 1 aliphatic heterocycles. The molecule has 2 aromatic carbocycles. The second-order valence-corrected chi connectivity index (χ2v) is 6.04. The molecule has 1 heterocycles. The molecule has 122 valence electrons. The molecule has 0 saturated carbocycles. The zero-order valence-corrected chi connectivity index (χ0v) is 13.8. The fraction of sp³-hybridized carbons (Fsp3) is 0.118. The van der Waals surface area contributed by atoms with E-state index in [1.54, 1.807) is 12.1 Å². The van der Waals surface area contributed by atoms with Crippen molar-refractivity contribution in [3.8, 4) is 11.5 Å². The minimum absolute atomic E-state index is 0.139. The van der Waals surface area contributed by atoms with Crippen LogP contribution in [0, 0.1) is 10.1 Å². The van der Waals surface area contributed by atoms with Gasteiger partial charge in [-0.3, -0.25) is 14.9 Å². The van der Waals surface area contributed by atoms with Crippen LogP contribution in [0.3, 0.4) is 0 Å². The van der Waals surface area contributed by atoms with Crippen LogP contribution < -0.4 is 9.47 Å². The maximum absolute atomic E-state index is 12.4. The largest absolute Gasteiger partial charge is 0.493 e. The van der Waals surface area contributed by atoms with Crippen LogP contribution in [0.2, 0.25) is 0 Å². The SMILES string of the molecule is COc1cc(/C=C2\Sc3ccccc3C2=O)c([N+](=O)[O-])cc1OC. The zero-order valence-electron chi connectivity index (χ0n) is 12.9. The molecule has 0 bridgehead atoms. The van der Waals surface area contributed by atoms with Gasteiger partial charge in [-0.2, -0.15) is 0 Å².